The maximum absolute atomic E-state index is 12.2. The highest BCUT2D eigenvalue weighted by Gasteiger charge is 2.38. The molecule has 2 fully saturated rings. The molecule has 0 unspecified atom stereocenters. The summed E-state index contributed by atoms with van der Waals surface area (Å²) in [5, 5.41) is 12.6. The third-order valence-corrected chi connectivity index (χ3v) is 4.53. The summed E-state index contributed by atoms with van der Waals surface area (Å²) < 4.78 is 0. The maximum atomic E-state index is 12.2. The molecule has 0 radical (unpaired) electrons. The van der Waals surface area contributed by atoms with E-state index in [0.29, 0.717) is 18.8 Å². The quantitative estimate of drug-likeness (QED) is 0.772. The lowest BCUT2D eigenvalue weighted by atomic mass is 9.71. The summed E-state index contributed by atoms with van der Waals surface area (Å²) in [6, 6.07) is 0. The van der Waals surface area contributed by atoms with Crippen molar-refractivity contribution in [1.82, 2.24) is 5.32 Å². The first-order valence-corrected chi connectivity index (χ1v) is 7.41. The van der Waals surface area contributed by atoms with Crippen LogP contribution in [0.1, 0.15) is 46.0 Å². The molecule has 5 nitrogen and oxygen atoms in total. The summed E-state index contributed by atoms with van der Waals surface area (Å²) >= 11 is 0. The van der Waals surface area contributed by atoms with Crippen LogP contribution < -0.4 is 5.32 Å². The molecular weight excluding hydrogens is 294 g/mol. The maximum Gasteiger partial charge on any atom is 0.226 e. The monoisotopic (exact) mass is 317 g/mol. The highest BCUT2D eigenvalue weighted by molar-refractivity contribution is 5.97. The van der Waals surface area contributed by atoms with Gasteiger partial charge in [-0.2, -0.15) is 0 Å². The average Bonchev–Trinajstić information content (AvgIpc) is 2.32. The molecule has 120 valence electrons. The van der Waals surface area contributed by atoms with Crippen LogP contribution in [-0.2, 0) is 14.4 Å². The van der Waals surface area contributed by atoms with Crippen LogP contribution in [-0.4, -0.2) is 28.8 Å². The summed E-state index contributed by atoms with van der Waals surface area (Å²) in [6.45, 7) is 4.01. The third-order valence-electron chi connectivity index (χ3n) is 4.53. The van der Waals surface area contributed by atoms with Crippen LogP contribution in [0.2, 0.25) is 0 Å². The van der Waals surface area contributed by atoms with Gasteiger partial charge in [-0.3, -0.25) is 19.7 Å². The zero-order valence-corrected chi connectivity index (χ0v) is 13.3. The van der Waals surface area contributed by atoms with Crippen molar-refractivity contribution in [2.24, 2.45) is 23.7 Å². The van der Waals surface area contributed by atoms with Gasteiger partial charge in [-0.1, -0.05) is 13.8 Å². The zero-order chi connectivity index (χ0) is 14.9. The lowest BCUT2D eigenvalue weighted by Gasteiger charge is -2.34. The van der Waals surface area contributed by atoms with Gasteiger partial charge in [0.25, 0.3) is 0 Å². The number of aliphatic hydroxyl groups excluding tert-OH is 1. The summed E-state index contributed by atoms with van der Waals surface area (Å²) in [5.41, 5.74) is 0. The van der Waals surface area contributed by atoms with E-state index in [9.17, 15) is 19.5 Å². The molecule has 0 bridgehead atoms. The largest absolute Gasteiger partial charge is 0.392 e. The van der Waals surface area contributed by atoms with Gasteiger partial charge < -0.3 is 5.11 Å². The second-order valence-corrected chi connectivity index (χ2v) is 6.54. The van der Waals surface area contributed by atoms with Crippen molar-refractivity contribution in [2.45, 2.75) is 52.1 Å². The number of aliphatic hydroxyl groups is 1. The van der Waals surface area contributed by atoms with Crippen molar-refractivity contribution >= 4 is 30.0 Å². The van der Waals surface area contributed by atoms with E-state index in [1.165, 1.54) is 0 Å². The predicted molar refractivity (Wildman–Crippen MR) is 79.8 cm³/mol. The molecule has 1 saturated carbocycles. The molecule has 2 rings (SSSR count). The molecule has 1 saturated heterocycles. The first-order chi connectivity index (χ1) is 9.36. The lowest BCUT2D eigenvalue weighted by Crippen LogP contribution is -2.42. The van der Waals surface area contributed by atoms with E-state index in [1.807, 2.05) is 6.92 Å². The topological polar surface area (TPSA) is 83.5 Å². The summed E-state index contributed by atoms with van der Waals surface area (Å²) in [7, 11) is 0. The van der Waals surface area contributed by atoms with Crippen molar-refractivity contribution < 1.29 is 19.5 Å². The first-order valence-electron chi connectivity index (χ1n) is 7.41. The fourth-order valence-corrected chi connectivity index (χ4v) is 3.60. The number of hydrogen-bond donors (Lipinski definition) is 2. The Morgan fingerprint density at radius 3 is 2.29 bits per heavy atom. The van der Waals surface area contributed by atoms with Crippen LogP contribution in [0, 0.1) is 23.7 Å². The van der Waals surface area contributed by atoms with Crippen molar-refractivity contribution in [2.75, 3.05) is 0 Å². The second-order valence-electron chi connectivity index (χ2n) is 6.54. The minimum absolute atomic E-state index is 0. The molecule has 4 atom stereocenters. The Kier molecular flexibility index (Phi) is 6.35. The van der Waals surface area contributed by atoms with Gasteiger partial charge in [0.15, 0.2) is 0 Å². The molecule has 0 aromatic heterocycles. The standard InChI is InChI=1S/C15H23NO4.ClH/c1-8-3-9(2)15(20)11(4-8)12(17)5-10-6-13(18)16-14(19)7-10;/h8-12,17H,3-7H2,1-2H3,(H,16,18,19);1H/t8-,9-,11-,12+;/m0./s1. The van der Waals surface area contributed by atoms with Crippen LogP contribution >= 0.6 is 12.4 Å². The summed E-state index contributed by atoms with van der Waals surface area (Å²) in [5.74, 6) is -0.499. The number of amides is 2. The number of carbonyl (C=O) groups excluding carboxylic acids is 3. The Bertz CT molecular complexity index is 410. The Morgan fingerprint density at radius 1 is 1.14 bits per heavy atom. The Morgan fingerprint density at radius 2 is 1.71 bits per heavy atom. The van der Waals surface area contributed by atoms with Crippen LogP contribution in [0.15, 0.2) is 0 Å². The van der Waals surface area contributed by atoms with E-state index < -0.39 is 6.10 Å². The number of carbonyl (C=O) groups is 3. The van der Waals surface area contributed by atoms with Gasteiger partial charge in [0.05, 0.1) is 6.10 Å². The van der Waals surface area contributed by atoms with Gasteiger partial charge in [0, 0.05) is 24.7 Å². The predicted octanol–water partition coefficient (Wildman–Crippen LogP) is 1.46. The van der Waals surface area contributed by atoms with E-state index >= 15 is 0 Å². The van der Waals surface area contributed by atoms with Crippen LogP contribution in [0.3, 0.4) is 0 Å². The van der Waals surface area contributed by atoms with Crippen LogP contribution in [0.5, 0.6) is 0 Å². The number of halogens is 1. The van der Waals surface area contributed by atoms with Gasteiger partial charge >= 0.3 is 0 Å². The van der Waals surface area contributed by atoms with Gasteiger partial charge in [-0.25, -0.2) is 0 Å². The Balaban J connectivity index is 0.00000220. The number of Topliss-reactive ketones (excluding diaryl/α,β-unsaturated/α-hetero) is 1. The van der Waals surface area contributed by atoms with Gasteiger partial charge in [-0.15, -0.1) is 12.4 Å². The molecule has 21 heavy (non-hydrogen) atoms. The zero-order valence-electron chi connectivity index (χ0n) is 12.5. The second kappa shape index (κ2) is 7.36. The fourth-order valence-electron chi connectivity index (χ4n) is 3.60. The van der Waals surface area contributed by atoms with E-state index in [1.54, 1.807) is 0 Å². The number of imide groups is 1. The van der Waals surface area contributed by atoms with Crippen LogP contribution in [0.4, 0.5) is 0 Å². The Labute approximate surface area is 131 Å². The SMILES string of the molecule is C[C@@H]1C[C@@H]([C@H](O)CC2CC(=O)NC(=O)C2)C(=O)[C@@H](C)C1.Cl. The molecule has 1 heterocycles. The lowest BCUT2D eigenvalue weighted by molar-refractivity contribution is -0.136. The number of hydrogen-bond acceptors (Lipinski definition) is 4. The molecule has 1 aliphatic carbocycles. The van der Waals surface area contributed by atoms with Gasteiger partial charge in [0.2, 0.25) is 11.8 Å². The average molecular weight is 318 g/mol. The van der Waals surface area contributed by atoms with Crippen molar-refractivity contribution in [3.05, 3.63) is 0 Å². The normalized spacial score (nSPS) is 32.3. The smallest absolute Gasteiger partial charge is 0.226 e. The minimum atomic E-state index is -0.739. The number of ketones is 1. The van der Waals surface area contributed by atoms with E-state index in [-0.39, 0.29) is 60.6 Å². The molecule has 2 N–H and O–H groups in total. The van der Waals surface area contributed by atoms with Crippen molar-refractivity contribution in [3.8, 4) is 0 Å². The van der Waals surface area contributed by atoms with Crippen molar-refractivity contribution in [3.63, 3.8) is 0 Å². The number of rotatable bonds is 3. The van der Waals surface area contributed by atoms with E-state index in [0.717, 1.165) is 6.42 Å². The molecule has 0 aromatic rings. The van der Waals surface area contributed by atoms with E-state index in [4.69, 9.17) is 0 Å². The fraction of sp³-hybridized carbons (Fsp3) is 0.800. The number of nitrogens with one attached hydrogen (secondary N) is 1. The molecular formula is C15H24ClNO4. The Hall–Kier alpha value is -0.940. The minimum Gasteiger partial charge on any atom is -0.392 e. The molecule has 0 aromatic carbocycles. The third kappa shape index (κ3) is 4.51. The highest BCUT2D eigenvalue weighted by atomic mass is 35.5. The van der Waals surface area contributed by atoms with Crippen LogP contribution in [0.25, 0.3) is 0 Å². The number of piperidine rings is 1. The van der Waals surface area contributed by atoms with Gasteiger partial charge in [0.1, 0.15) is 5.78 Å². The van der Waals surface area contributed by atoms with E-state index in [2.05, 4.69) is 12.2 Å². The highest BCUT2D eigenvalue weighted by Crippen LogP contribution is 2.34. The first kappa shape index (κ1) is 18.1. The molecule has 1 aliphatic heterocycles. The van der Waals surface area contributed by atoms with Crippen molar-refractivity contribution in [1.29, 1.82) is 0 Å². The molecule has 0 spiro atoms. The molecule has 2 amide bonds. The summed E-state index contributed by atoms with van der Waals surface area (Å²) in [6.07, 6.45) is 1.72. The summed E-state index contributed by atoms with van der Waals surface area (Å²) in [4.78, 5) is 34.8. The van der Waals surface area contributed by atoms with Gasteiger partial charge in [-0.05, 0) is 31.1 Å². The molecule has 2 aliphatic rings. The molecule has 6 heteroatoms.